The number of phenols is 1. The van der Waals surface area contributed by atoms with Crippen LogP contribution in [0.25, 0.3) is 10.6 Å². The second-order valence-electron chi connectivity index (χ2n) is 8.23. The molecule has 1 aliphatic rings. The molecule has 0 radical (unpaired) electrons. The van der Waals surface area contributed by atoms with Crippen LogP contribution in [0.5, 0.6) is 11.5 Å². The number of para-hydroxylation sites is 2. The van der Waals surface area contributed by atoms with Crippen molar-refractivity contribution in [3.8, 4) is 22.1 Å². The van der Waals surface area contributed by atoms with Crippen molar-refractivity contribution in [3.05, 3.63) is 106 Å². The number of thiazole rings is 1. The fourth-order valence-corrected chi connectivity index (χ4v) is 5.31. The van der Waals surface area contributed by atoms with Crippen LogP contribution < -0.4 is 9.64 Å². The zero-order valence-electron chi connectivity index (χ0n) is 19.5. The van der Waals surface area contributed by atoms with E-state index in [9.17, 15) is 19.8 Å². The second kappa shape index (κ2) is 9.31. The summed E-state index contributed by atoms with van der Waals surface area (Å²) in [6, 6.07) is 21.7. The number of nitrogens with zero attached hydrogens (tertiary/aromatic N) is 2. The monoisotopic (exact) mass is 498 g/mol. The maximum atomic E-state index is 13.9. The number of hydrogen-bond acceptors (Lipinski definition) is 7. The summed E-state index contributed by atoms with van der Waals surface area (Å²) in [5.74, 6) is -1.46. The molecule has 0 fully saturated rings. The first-order valence-corrected chi connectivity index (χ1v) is 12.0. The first-order valence-electron chi connectivity index (χ1n) is 11.2. The van der Waals surface area contributed by atoms with Crippen molar-refractivity contribution < 1.29 is 24.5 Å². The van der Waals surface area contributed by atoms with Gasteiger partial charge in [-0.3, -0.25) is 14.5 Å². The highest BCUT2D eigenvalue weighted by molar-refractivity contribution is 7.17. The minimum atomic E-state index is -0.967. The molecule has 36 heavy (non-hydrogen) atoms. The topological polar surface area (TPSA) is 100.0 Å². The third-order valence-corrected chi connectivity index (χ3v) is 7.25. The smallest absolute Gasteiger partial charge is 0.294 e. The quantitative estimate of drug-likeness (QED) is 0.335. The molecular weight excluding hydrogens is 476 g/mol. The summed E-state index contributed by atoms with van der Waals surface area (Å²) in [5, 5.41) is 22.2. The van der Waals surface area contributed by atoms with Crippen molar-refractivity contribution >= 4 is 28.7 Å². The van der Waals surface area contributed by atoms with Crippen LogP contribution in [0.3, 0.4) is 0 Å². The summed E-state index contributed by atoms with van der Waals surface area (Å²) in [6.07, 6.45) is 0. The van der Waals surface area contributed by atoms with Crippen LogP contribution >= 0.6 is 11.3 Å². The van der Waals surface area contributed by atoms with Crippen LogP contribution in [0.2, 0.25) is 0 Å². The largest absolute Gasteiger partial charge is 0.506 e. The van der Waals surface area contributed by atoms with Crippen molar-refractivity contribution in [3.63, 3.8) is 0 Å². The normalized spacial score (nSPS) is 15.4. The van der Waals surface area contributed by atoms with Crippen molar-refractivity contribution in [1.29, 1.82) is 0 Å². The van der Waals surface area contributed by atoms with Gasteiger partial charge in [-0.1, -0.05) is 54.6 Å². The molecule has 7 nitrogen and oxygen atoms in total. The molecule has 8 heteroatoms. The van der Waals surface area contributed by atoms with Gasteiger partial charge in [-0.05, 0) is 36.8 Å². The Hall–Kier alpha value is -4.43. The lowest BCUT2D eigenvalue weighted by Gasteiger charge is -2.27. The van der Waals surface area contributed by atoms with E-state index in [1.54, 1.807) is 56.5 Å². The van der Waals surface area contributed by atoms with Crippen LogP contribution in [-0.2, 0) is 4.79 Å². The lowest BCUT2D eigenvalue weighted by molar-refractivity contribution is -0.117. The summed E-state index contributed by atoms with van der Waals surface area (Å²) in [6.45, 7) is 1.73. The van der Waals surface area contributed by atoms with E-state index < -0.39 is 23.5 Å². The number of aromatic hydroxyl groups is 1. The summed E-state index contributed by atoms with van der Waals surface area (Å²) >= 11 is 1.21. The van der Waals surface area contributed by atoms with Crippen molar-refractivity contribution in [2.45, 2.75) is 13.0 Å². The van der Waals surface area contributed by atoms with E-state index in [-0.39, 0.29) is 17.0 Å². The van der Waals surface area contributed by atoms with Gasteiger partial charge in [0.05, 0.1) is 35.0 Å². The Balaban J connectivity index is 1.64. The minimum absolute atomic E-state index is 0.0696. The Labute approximate surface area is 211 Å². The van der Waals surface area contributed by atoms with Gasteiger partial charge in [-0.15, -0.1) is 11.3 Å². The molecule has 180 valence electrons. The number of carbonyl (C=O) groups is 2. The minimum Gasteiger partial charge on any atom is -0.506 e. The average Bonchev–Trinajstić information content (AvgIpc) is 3.42. The molecule has 0 spiro atoms. The van der Waals surface area contributed by atoms with Gasteiger partial charge in [0.15, 0.2) is 5.76 Å². The molecular formula is C28H22N2O5S. The number of ketones is 1. The van der Waals surface area contributed by atoms with Crippen molar-refractivity contribution in [2.24, 2.45) is 0 Å². The van der Waals surface area contributed by atoms with Gasteiger partial charge in [-0.2, -0.15) is 0 Å². The molecule has 4 aromatic rings. The van der Waals surface area contributed by atoms with E-state index in [0.717, 1.165) is 5.56 Å². The maximum absolute atomic E-state index is 13.9. The fraction of sp³-hybridized carbons (Fsp3) is 0.107. The summed E-state index contributed by atoms with van der Waals surface area (Å²) < 4.78 is 5.25. The standard InChI is InChI=1S/C28H22N2O5S/c1-16-26(36-27(29-16)18-8-4-3-5-9-18)24(32)22-23(17-12-14-19(35-2)15-13-17)30(28(34)25(22)33)20-10-6-7-11-21(20)31/h3-15,23,31,33H,1-2H3. The zero-order valence-corrected chi connectivity index (χ0v) is 20.3. The first-order chi connectivity index (χ1) is 17.4. The number of aromatic nitrogens is 1. The highest BCUT2D eigenvalue weighted by Gasteiger charge is 2.46. The van der Waals surface area contributed by atoms with Crippen LogP contribution in [0.1, 0.15) is 27.0 Å². The van der Waals surface area contributed by atoms with Gasteiger partial charge in [0.2, 0.25) is 5.78 Å². The molecule has 1 unspecified atom stereocenters. The molecule has 1 atom stereocenters. The molecule has 0 aliphatic carbocycles. The Morgan fingerprint density at radius 2 is 1.64 bits per heavy atom. The van der Waals surface area contributed by atoms with Gasteiger partial charge in [0, 0.05) is 5.56 Å². The van der Waals surface area contributed by atoms with E-state index in [1.165, 1.54) is 22.3 Å². The maximum Gasteiger partial charge on any atom is 0.294 e. The zero-order chi connectivity index (χ0) is 25.4. The fourth-order valence-electron chi connectivity index (χ4n) is 4.29. The molecule has 0 bridgehead atoms. The van der Waals surface area contributed by atoms with Crippen LogP contribution in [-0.4, -0.2) is 34.0 Å². The van der Waals surface area contributed by atoms with Gasteiger partial charge in [0.1, 0.15) is 16.5 Å². The SMILES string of the molecule is COc1ccc(C2C(C(=O)c3sc(-c4ccccc4)nc3C)=C(O)C(=O)N2c2ccccc2O)cc1. The number of methoxy groups -OCH3 is 1. The summed E-state index contributed by atoms with van der Waals surface area (Å²) in [5.41, 5.74) is 2.06. The number of ether oxygens (including phenoxy) is 1. The number of hydrogen-bond donors (Lipinski definition) is 2. The van der Waals surface area contributed by atoms with Crippen LogP contribution in [0.4, 0.5) is 5.69 Å². The van der Waals surface area contributed by atoms with E-state index in [2.05, 4.69) is 4.98 Å². The van der Waals surface area contributed by atoms with Gasteiger partial charge in [0.25, 0.3) is 5.91 Å². The third kappa shape index (κ3) is 3.91. The number of amides is 1. The number of Topliss-reactive ketones (excluding diaryl/α,β-unsaturated/α-hetero) is 1. The number of phenolic OH excluding ortho intramolecular Hbond substituents is 1. The van der Waals surface area contributed by atoms with E-state index in [1.807, 2.05) is 30.3 Å². The third-order valence-electron chi connectivity index (χ3n) is 6.05. The number of aliphatic hydroxyl groups is 1. The van der Waals surface area contributed by atoms with Gasteiger partial charge in [-0.25, -0.2) is 4.98 Å². The summed E-state index contributed by atoms with van der Waals surface area (Å²) in [4.78, 5) is 33.4. The number of benzene rings is 3. The first kappa shape index (κ1) is 23.3. The Kier molecular flexibility index (Phi) is 6.03. The van der Waals surface area contributed by atoms with E-state index in [4.69, 9.17) is 4.74 Å². The second-order valence-corrected chi connectivity index (χ2v) is 9.23. The number of aliphatic hydroxyl groups excluding tert-OH is 1. The summed E-state index contributed by atoms with van der Waals surface area (Å²) in [7, 11) is 1.54. The molecule has 0 saturated heterocycles. The molecule has 2 heterocycles. The number of rotatable bonds is 6. The molecule has 3 aromatic carbocycles. The Morgan fingerprint density at radius 3 is 2.31 bits per heavy atom. The Bertz CT molecular complexity index is 1490. The van der Waals surface area contributed by atoms with E-state index >= 15 is 0 Å². The highest BCUT2D eigenvalue weighted by Crippen LogP contribution is 2.45. The number of carbonyl (C=O) groups excluding carboxylic acids is 2. The molecule has 5 rings (SSSR count). The average molecular weight is 499 g/mol. The van der Waals surface area contributed by atoms with Gasteiger partial charge >= 0.3 is 0 Å². The molecule has 1 aliphatic heterocycles. The number of anilines is 1. The molecule has 1 aromatic heterocycles. The Morgan fingerprint density at radius 1 is 0.972 bits per heavy atom. The van der Waals surface area contributed by atoms with Crippen LogP contribution in [0, 0.1) is 6.92 Å². The van der Waals surface area contributed by atoms with Crippen molar-refractivity contribution in [1.82, 2.24) is 4.98 Å². The van der Waals surface area contributed by atoms with Crippen LogP contribution in [0.15, 0.2) is 90.2 Å². The highest BCUT2D eigenvalue weighted by atomic mass is 32.1. The lowest BCUT2D eigenvalue weighted by Crippen LogP contribution is -2.31. The molecule has 2 N–H and O–H groups in total. The predicted molar refractivity (Wildman–Crippen MR) is 138 cm³/mol. The molecule has 1 amide bonds. The predicted octanol–water partition coefficient (Wildman–Crippen LogP) is 5.62. The van der Waals surface area contributed by atoms with Gasteiger partial charge < -0.3 is 14.9 Å². The van der Waals surface area contributed by atoms with E-state index in [0.29, 0.717) is 26.9 Å². The number of aryl methyl sites for hydroxylation is 1. The lowest BCUT2D eigenvalue weighted by atomic mass is 9.94. The molecule has 0 saturated carbocycles. The van der Waals surface area contributed by atoms with Crippen molar-refractivity contribution in [2.75, 3.05) is 12.0 Å².